The molecule has 0 aromatic heterocycles. The standard InChI is InChI=1S/C11H19N3O4S2/c1-6(15)9(13-7(2)16)4-19-20-5-10(11(12)18)14-8(3)17/h9-10H,4-5H2,1-3H3,(H2,12,18)(H,13,16)(H,14,17)/t9-,10-/m0/s1. The lowest BCUT2D eigenvalue weighted by atomic mass is 10.2. The summed E-state index contributed by atoms with van der Waals surface area (Å²) in [6, 6.07) is -1.31. The van der Waals surface area contributed by atoms with Gasteiger partial charge in [0.1, 0.15) is 6.04 Å². The maximum Gasteiger partial charge on any atom is 0.240 e. The number of amides is 3. The van der Waals surface area contributed by atoms with Crippen LogP contribution in [-0.4, -0.2) is 47.1 Å². The lowest BCUT2D eigenvalue weighted by Gasteiger charge is -2.16. The van der Waals surface area contributed by atoms with Crippen molar-refractivity contribution in [3.8, 4) is 0 Å². The molecule has 0 spiro atoms. The molecule has 0 aliphatic heterocycles. The zero-order chi connectivity index (χ0) is 15.7. The Labute approximate surface area is 125 Å². The SMILES string of the molecule is CC(=O)N[C@@H](CSSC[C@H](NC(C)=O)C(N)=O)C(C)=O. The highest BCUT2D eigenvalue weighted by Crippen LogP contribution is 2.23. The monoisotopic (exact) mass is 321 g/mol. The minimum absolute atomic E-state index is 0.137. The molecule has 0 bridgehead atoms. The van der Waals surface area contributed by atoms with Gasteiger partial charge in [-0.05, 0) is 6.92 Å². The first kappa shape index (κ1) is 18.8. The van der Waals surface area contributed by atoms with Gasteiger partial charge in [-0.15, -0.1) is 0 Å². The van der Waals surface area contributed by atoms with Crippen LogP contribution in [0.25, 0.3) is 0 Å². The lowest BCUT2D eigenvalue weighted by Crippen LogP contribution is -2.45. The van der Waals surface area contributed by atoms with E-state index in [0.717, 1.165) is 0 Å². The third-order valence-electron chi connectivity index (χ3n) is 2.14. The van der Waals surface area contributed by atoms with Crippen molar-refractivity contribution in [1.82, 2.24) is 10.6 Å². The fourth-order valence-electron chi connectivity index (χ4n) is 1.18. The number of nitrogens with one attached hydrogen (secondary N) is 2. The highest BCUT2D eigenvalue weighted by molar-refractivity contribution is 8.76. The molecule has 0 aromatic carbocycles. The third kappa shape index (κ3) is 8.81. The summed E-state index contributed by atoms with van der Waals surface area (Å²) in [5.74, 6) is -0.682. The summed E-state index contributed by atoms with van der Waals surface area (Å²) in [6.45, 7) is 4.04. The van der Waals surface area contributed by atoms with Gasteiger partial charge in [0.2, 0.25) is 17.7 Å². The minimum atomic E-state index is -0.749. The van der Waals surface area contributed by atoms with Gasteiger partial charge in [-0.1, -0.05) is 21.6 Å². The van der Waals surface area contributed by atoms with Crippen LogP contribution in [0.4, 0.5) is 0 Å². The van der Waals surface area contributed by atoms with E-state index >= 15 is 0 Å². The third-order valence-corrected chi connectivity index (χ3v) is 4.56. The Morgan fingerprint density at radius 1 is 0.900 bits per heavy atom. The van der Waals surface area contributed by atoms with Gasteiger partial charge in [-0.25, -0.2) is 0 Å². The first-order chi connectivity index (χ1) is 9.23. The van der Waals surface area contributed by atoms with Crippen molar-refractivity contribution in [1.29, 1.82) is 0 Å². The molecule has 3 amide bonds. The van der Waals surface area contributed by atoms with E-state index in [-0.39, 0.29) is 17.6 Å². The smallest absolute Gasteiger partial charge is 0.240 e. The Morgan fingerprint density at radius 3 is 1.65 bits per heavy atom. The van der Waals surface area contributed by atoms with Crippen molar-refractivity contribution in [3.63, 3.8) is 0 Å². The van der Waals surface area contributed by atoms with E-state index in [9.17, 15) is 19.2 Å². The minimum Gasteiger partial charge on any atom is -0.368 e. The summed E-state index contributed by atoms with van der Waals surface area (Å²) in [4.78, 5) is 44.2. The molecular formula is C11H19N3O4S2. The molecule has 114 valence electrons. The number of ketones is 1. The van der Waals surface area contributed by atoms with E-state index < -0.39 is 18.0 Å². The van der Waals surface area contributed by atoms with Crippen LogP contribution in [0.15, 0.2) is 0 Å². The van der Waals surface area contributed by atoms with Gasteiger partial charge in [0.05, 0.1) is 6.04 Å². The van der Waals surface area contributed by atoms with Crippen LogP contribution < -0.4 is 16.4 Å². The van der Waals surface area contributed by atoms with Gasteiger partial charge in [-0.2, -0.15) is 0 Å². The number of carbonyl (C=O) groups excluding carboxylic acids is 4. The fraction of sp³-hybridized carbons (Fsp3) is 0.636. The van der Waals surface area contributed by atoms with Crippen molar-refractivity contribution < 1.29 is 19.2 Å². The summed E-state index contributed by atoms with van der Waals surface area (Å²) in [5.41, 5.74) is 5.15. The summed E-state index contributed by atoms with van der Waals surface area (Å²) in [7, 11) is 2.63. The average Bonchev–Trinajstić information content (AvgIpc) is 2.29. The van der Waals surface area contributed by atoms with Gasteiger partial charge in [0.15, 0.2) is 5.78 Å². The quantitative estimate of drug-likeness (QED) is 0.387. The number of primary amides is 1. The molecule has 0 saturated heterocycles. The molecule has 0 heterocycles. The average molecular weight is 321 g/mol. The van der Waals surface area contributed by atoms with Crippen molar-refractivity contribution >= 4 is 45.1 Å². The largest absolute Gasteiger partial charge is 0.368 e. The predicted octanol–water partition coefficient (Wildman–Crippen LogP) is -0.548. The van der Waals surface area contributed by atoms with Crippen LogP contribution in [0.5, 0.6) is 0 Å². The van der Waals surface area contributed by atoms with Gasteiger partial charge >= 0.3 is 0 Å². The van der Waals surface area contributed by atoms with E-state index in [1.54, 1.807) is 0 Å². The second-order valence-corrected chi connectivity index (χ2v) is 6.64. The molecular weight excluding hydrogens is 302 g/mol. The van der Waals surface area contributed by atoms with Crippen LogP contribution in [0.3, 0.4) is 0 Å². The van der Waals surface area contributed by atoms with Gasteiger partial charge in [-0.3, -0.25) is 19.2 Å². The molecule has 0 unspecified atom stereocenters. The van der Waals surface area contributed by atoms with Crippen LogP contribution >= 0.6 is 21.6 Å². The molecule has 4 N–H and O–H groups in total. The molecule has 0 aromatic rings. The van der Waals surface area contributed by atoms with Crippen molar-refractivity contribution in [2.45, 2.75) is 32.9 Å². The first-order valence-corrected chi connectivity index (χ1v) is 8.31. The maximum atomic E-state index is 11.3. The first-order valence-electron chi connectivity index (χ1n) is 5.82. The summed E-state index contributed by atoms with van der Waals surface area (Å²) in [6.07, 6.45) is 0. The summed E-state index contributed by atoms with van der Waals surface area (Å²) in [5, 5.41) is 4.98. The zero-order valence-corrected chi connectivity index (χ0v) is 13.2. The topological polar surface area (TPSA) is 118 Å². The Balaban J connectivity index is 4.13. The molecule has 20 heavy (non-hydrogen) atoms. The molecule has 0 aliphatic rings. The highest BCUT2D eigenvalue weighted by atomic mass is 33.1. The summed E-state index contributed by atoms with van der Waals surface area (Å²) < 4.78 is 0. The molecule has 0 aliphatic carbocycles. The fourth-order valence-corrected chi connectivity index (χ4v) is 3.60. The van der Waals surface area contributed by atoms with Gasteiger partial charge < -0.3 is 16.4 Å². The van der Waals surface area contributed by atoms with Crippen LogP contribution in [0.1, 0.15) is 20.8 Å². The van der Waals surface area contributed by atoms with E-state index in [2.05, 4.69) is 10.6 Å². The Bertz CT molecular complexity index is 354. The van der Waals surface area contributed by atoms with E-state index in [0.29, 0.717) is 11.5 Å². The van der Waals surface area contributed by atoms with E-state index in [4.69, 9.17) is 5.73 Å². The number of rotatable bonds is 9. The van der Waals surface area contributed by atoms with Crippen molar-refractivity contribution in [2.24, 2.45) is 5.73 Å². The molecule has 9 heteroatoms. The van der Waals surface area contributed by atoms with Crippen molar-refractivity contribution in [3.05, 3.63) is 0 Å². The lowest BCUT2D eigenvalue weighted by molar-refractivity contribution is -0.125. The molecule has 0 radical (unpaired) electrons. The van der Waals surface area contributed by atoms with Crippen LogP contribution in [0, 0.1) is 0 Å². The number of carbonyl (C=O) groups is 4. The molecule has 2 atom stereocenters. The number of Topliss-reactive ketones (excluding diaryl/α,β-unsaturated/α-hetero) is 1. The Morgan fingerprint density at radius 2 is 1.30 bits per heavy atom. The zero-order valence-electron chi connectivity index (χ0n) is 11.6. The highest BCUT2D eigenvalue weighted by Gasteiger charge is 2.18. The number of hydrogen-bond donors (Lipinski definition) is 3. The van der Waals surface area contributed by atoms with Crippen LogP contribution in [0.2, 0.25) is 0 Å². The summed E-state index contributed by atoms with van der Waals surface area (Å²) >= 11 is 0. The van der Waals surface area contributed by atoms with E-state index in [1.807, 2.05) is 0 Å². The molecule has 0 saturated carbocycles. The number of hydrogen-bond acceptors (Lipinski definition) is 6. The van der Waals surface area contributed by atoms with Crippen LogP contribution in [-0.2, 0) is 19.2 Å². The Hall–Kier alpha value is -1.22. The normalized spacial score (nSPS) is 13.2. The molecule has 0 fully saturated rings. The molecule has 7 nitrogen and oxygen atoms in total. The molecule has 0 rings (SSSR count). The van der Waals surface area contributed by atoms with E-state index in [1.165, 1.54) is 42.4 Å². The van der Waals surface area contributed by atoms with Crippen molar-refractivity contribution in [2.75, 3.05) is 11.5 Å². The predicted molar refractivity (Wildman–Crippen MR) is 80.0 cm³/mol. The maximum absolute atomic E-state index is 11.3. The Kier molecular flexibility index (Phi) is 9.06. The number of nitrogens with two attached hydrogens (primary N) is 1. The van der Waals surface area contributed by atoms with Gasteiger partial charge in [0, 0.05) is 25.4 Å². The second-order valence-electron chi connectivity index (χ2n) is 4.09. The second kappa shape index (κ2) is 9.65. The van der Waals surface area contributed by atoms with Gasteiger partial charge in [0.25, 0.3) is 0 Å².